The average molecular weight is 419 g/mol. The van der Waals surface area contributed by atoms with Gasteiger partial charge < -0.3 is 9.80 Å². The molecule has 2 aliphatic rings. The van der Waals surface area contributed by atoms with Crippen LogP contribution in [0.1, 0.15) is 34.7 Å². The third kappa shape index (κ3) is 3.60. The Morgan fingerprint density at radius 3 is 2.29 bits per heavy atom. The number of likely N-dealkylation sites (tertiary alicyclic amines) is 1. The molecule has 2 bridgehead atoms. The van der Waals surface area contributed by atoms with Crippen molar-refractivity contribution in [2.45, 2.75) is 38.8 Å². The van der Waals surface area contributed by atoms with Crippen LogP contribution in [0, 0.1) is 19.7 Å². The van der Waals surface area contributed by atoms with E-state index in [0.717, 1.165) is 36.4 Å². The number of hydrogen-bond donors (Lipinski definition) is 0. The zero-order chi connectivity index (χ0) is 21.5. The highest BCUT2D eigenvalue weighted by Gasteiger charge is 2.43. The number of pyridine rings is 1. The normalized spacial score (nSPS) is 20.2. The van der Waals surface area contributed by atoms with E-state index in [1.807, 2.05) is 19.9 Å². The Bertz CT molecular complexity index is 1110. The van der Waals surface area contributed by atoms with E-state index in [2.05, 4.69) is 29.8 Å². The van der Waals surface area contributed by atoms with Gasteiger partial charge in [-0.05, 0) is 44.9 Å². The van der Waals surface area contributed by atoms with Crippen molar-refractivity contribution in [2.75, 3.05) is 18.0 Å². The summed E-state index contributed by atoms with van der Waals surface area (Å²) >= 11 is 0. The molecule has 5 rings (SSSR count). The van der Waals surface area contributed by atoms with E-state index in [-0.39, 0.29) is 29.5 Å². The Morgan fingerprint density at radius 2 is 1.65 bits per heavy atom. The molecular weight excluding hydrogens is 397 g/mol. The monoisotopic (exact) mass is 419 g/mol. The number of rotatable bonds is 3. The van der Waals surface area contributed by atoms with E-state index in [1.54, 1.807) is 23.4 Å². The zero-order valence-corrected chi connectivity index (χ0v) is 17.4. The topological polar surface area (TPSA) is 88.0 Å². The van der Waals surface area contributed by atoms with Crippen molar-refractivity contribution < 1.29 is 9.18 Å². The molecule has 2 atom stereocenters. The summed E-state index contributed by atoms with van der Waals surface area (Å²) < 4.78 is 13.9. The molecule has 8 nitrogen and oxygen atoms in total. The van der Waals surface area contributed by atoms with E-state index in [1.165, 1.54) is 6.07 Å². The molecule has 2 saturated heterocycles. The van der Waals surface area contributed by atoms with Crippen LogP contribution in [0.3, 0.4) is 0 Å². The fraction of sp³-hybridized carbons (Fsp3) is 0.364. The Kier molecular flexibility index (Phi) is 4.80. The Hall–Kier alpha value is -3.49. The van der Waals surface area contributed by atoms with Gasteiger partial charge in [-0.2, -0.15) is 0 Å². The molecule has 5 heterocycles. The number of aromatic nitrogens is 5. The van der Waals surface area contributed by atoms with E-state index < -0.39 is 5.82 Å². The molecule has 2 aliphatic heterocycles. The standard InChI is InChI=1S/C22H22FN7O/c1-13-8-14(2)28-22(27-13)30-16-4-5-17(30)12-29(11-16)21(31)19-18(9-15(23)10-26-19)20-24-6-3-7-25-20/h3,6-10,16-17H,4-5,11-12H2,1-2H3. The lowest BCUT2D eigenvalue weighted by Gasteiger charge is -2.41. The Labute approximate surface area is 179 Å². The number of hydrogen-bond acceptors (Lipinski definition) is 7. The minimum Gasteiger partial charge on any atom is -0.333 e. The SMILES string of the molecule is Cc1cc(C)nc(N2C3CCC2CN(C(=O)c2ncc(F)cc2-c2ncccn2)C3)n1. The van der Waals surface area contributed by atoms with E-state index in [9.17, 15) is 9.18 Å². The van der Waals surface area contributed by atoms with Gasteiger partial charge >= 0.3 is 0 Å². The first-order valence-corrected chi connectivity index (χ1v) is 10.3. The summed E-state index contributed by atoms with van der Waals surface area (Å²) in [5, 5.41) is 0. The number of halogens is 1. The molecule has 3 aromatic heterocycles. The van der Waals surface area contributed by atoms with Crippen LogP contribution in [0.15, 0.2) is 36.8 Å². The van der Waals surface area contributed by atoms with Crippen LogP contribution in [-0.2, 0) is 0 Å². The average Bonchev–Trinajstić information content (AvgIpc) is 3.02. The number of nitrogens with zero attached hydrogens (tertiary/aromatic N) is 7. The summed E-state index contributed by atoms with van der Waals surface area (Å²) in [4.78, 5) is 39.2. The third-order valence-corrected chi connectivity index (χ3v) is 5.83. The highest BCUT2D eigenvalue weighted by atomic mass is 19.1. The maximum absolute atomic E-state index is 13.9. The lowest BCUT2D eigenvalue weighted by atomic mass is 10.1. The van der Waals surface area contributed by atoms with Crippen LogP contribution < -0.4 is 4.90 Å². The molecule has 0 saturated carbocycles. The van der Waals surface area contributed by atoms with E-state index >= 15 is 0 Å². The zero-order valence-electron chi connectivity index (χ0n) is 17.4. The van der Waals surface area contributed by atoms with Crippen molar-refractivity contribution >= 4 is 11.9 Å². The summed E-state index contributed by atoms with van der Waals surface area (Å²) in [5.41, 5.74) is 2.34. The fourth-order valence-corrected chi connectivity index (χ4v) is 4.59. The van der Waals surface area contributed by atoms with Gasteiger partial charge in [0.15, 0.2) is 5.82 Å². The van der Waals surface area contributed by atoms with Crippen LogP contribution in [0.5, 0.6) is 0 Å². The molecule has 0 aliphatic carbocycles. The lowest BCUT2D eigenvalue weighted by molar-refractivity contribution is 0.0711. The van der Waals surface area contributed by atoms with Gasteiger partial charge in [0.2, 0.25) is 5.95 Å². The van der Waals surface area contributed by atoms with Gasteiger partial charge in [0, 0.05) is 49.0 Å². The van der Waals surface area contributed by atoms with Crippen LogP contribution in [0.25, 0.3) is 11.4 Å². The number of fused-ring (bicyclic) bond motifs is 2. The summed E-state index contributed by atoms with van der Waals surface area (Å²) in [7, 11) is 0. The van der Waals surface area contributed by atoms with Crippen molar-refractivity contribution in [2.24, 2.45) is 0 Å². The Morgan fingerprint density at radius 1 is 1.00 bits per heavy atom. The number of anilines is 1. The van der Waals surface area contributed by atoms with Crippen LogP contribution in [-0.4, -0.2) is 60.9 Å². The number of amides is 1. The molecule has 158 valence electrons. The van der Waals surface area contributed by atoms with Crippen LogP contribution >= 0.6 is 0 Å². The van der Waals surface area contributed by atoms with Crippen molar-refractivity contribution in [3.63, 3.8) is 0 Å². The molecule has 2 unspecified atom stereocenters. The maximum Gasteiger partial charge on any atom is 0.273 e. The van der Waals surface area contributed by atoms with Gasteiger partial charge in [0.1, 0.15) is 11.5 Å². The molecule has 0 spiro atoms. The molecule has 0 N–H and O–H groups in total. The van der Waals surface area contributed by atoms with Crippen LogP contribution in [0.4, 0.5) is 10.3 Å². The van der Waals surface area contributed by atoms with Gasteiger partial charge in [-0.25, -0.2) is 29.3 Å². The fourth-order valence-electron chi connectivity index (χ4n) is 4.59. The summed E-state index contributed by atoms with van der Waals surface area (Å²) in [5.74, 6) is 0.245. The molecule has 31 heavy (non-hydrogen) atoms. The number of aryl methyl sites for hydroxylation is 2. The van der Waals surface area contributed by atoms with Crippen molar-refractivity contribution in [3.05, 3.63) is 59.7 Å². The molecule has 1 amide bonds. The largest absolute Gasteiger partial charge is 0.333 e. The summed E-state index contributed by atoms with van der Waals surface area (Å²) in [6.07, 6.45) is 6.12. The predicted octanol–water partition coefficient (Wildman–Crippen LogP) is 2.58. The lowest BCUT2D eigenvalue weighted by Crippen LogP contribution is -2.56. The number of carbonyl (C=O) groups is 1. The minimum absolute atomic E-state index is 0.140. The van der Waals surface area contributed by atoms with Gasteiger partial charge in [-0.3, -0.25) is 4.79 Å². The minimum atomic E-state index is -0.532. The molecular formula is C22H22FN7O. The van der Waals surface area contributed by atoms with Gasteiger partial charge in [0.25, 0.3) is 5.91 Å². The van der Waals surface area contributed by atoms with Gasteiger partial charge in [-0.15, -0.1) is 0 Å². The number of carbonyl (C=O) groups excluding carboxylic acids is 1. The van der Waals surface area contributed by atoms with Gasteiger partial charge in [0.05, 0.1) is 11.8 Å². The third-order valence-electron chi connectivity index (χ3n) is 5.83. The van der Waals surface area contributed by atoms with Crippen LogP contribution in [0.2, 0.25) is 0 Å². The van der Waals surface area contributed by atoms with E-state index in [0.29, 0.717) is 18.7 Å². The maximum atomic E-state index is 13.9. The second-order valence-corrected chi connectivity index (χ2v) is 8.08. The highest BCUT2D eigenvalue weighted by Crippen LogP contribution is 2.34. The van der Waals surface area contributed by atoms with Crippen molar-refractivity contribution in [3.8, 4) is 11.4 Å². The smallest absolute Gasteiger partial charge is 0.273 e. The van der Waals surface area contributed by atoms with Crippen molar-refractivity contribution in [1.82, 2.24) is 29.8 Å². The van der Waals surface area contributed by atoms with E-state index in [4.69, 9.17) is 0 Å². The predicted molar refractivity (Wildman–Crippen MR) is 112 cm³/mol. The first-order valence-electron chi connectivity index (χ1n) is 10.3. The highest BCUT2D eigenvalue weighted by molar-refractivity contribution is 5.98. The quantitative estimate of drug-likeness (QED) is 0.645. The summed E-state index contributed by atoms with van der Waals surface area (Å²) in [6.45, 7) is 5.01. The molecule has 0 aromatic carbocycles. The molecule has 0 radical (unpaired) electrons. The summed E-state index contributed by atoms with van der Waals surface area (Å²) in [6, 6.07) is 5.17. The first kappa shape index (κ1) is 19.5. The second kappa shape index (κ2) is 7.64. The molecule has 9 heteroatoms. The molecule has 2 fully saturated rings. The van der Waals surface area contributed by atoms with Gasteiger partial charge in [-0.1, -0.05) is 0 Å². The Balaban J connectivity index is 1.43. The number of piperazine rings is 1. The first-order chi connectivity index (χ1) is 15.0. The molecule has 3 aromatic rings. The van der Waals surface area contributed by atoms with Crippen molar-refractivity contribution in [1.29, 1.82) is 0 Å². The second-order valence-electron chi connectivity index (χ2n) is 8.08.